The van der Waals surface area contributed by atoms with Crippen LogP contribution in [0.2, 0.25) is 0 Å². The number of ether oxygens (including phenoxy) is 4. The summed E-state index contributed by atoms with van der Waals surface area (Å²) in [5, 5.41) is 6.71. The predicted molar refractivity (Wildman–Crippen MR) is 136 cm³/mol. The van der Waals surface area contributed by atoms with E-state index < -0.39 is 0 Å². The lowest BCUT2D eigenvalue weighted by atomic mass is 10.1. The molecule has 0 spiro atoms. The van der Waals surface area contributed by atoms with Crippen molar-refractivity contribution >= 4 is 29.9 Å². The molecule has 1 aromatic rings. The predicted octanol–water partition coefficient (Wildman–Crippen LogP) is 3.79. The first-order valence-electron chi connectivity index (χ1n) is 11.4. The average Bonchev–Trinajstić information content (AvgIpc) is 2.76. The largest absolute Gasteiger partial charge is 0.490 e. The topological polar surface area (TPSA) is 73.3 Å². The van der Waals surface area contributed by atoms with Crippen LogP contribution in [0, 0.1) is 0 Å². The van der Waals surface area contributed by atoms with E-state index in [-0.39, 0.29) is 24.0 Å². The number of hydrogen-bond acceptors (Lipinski definition) is 5. The van der Waals surface area contributed by atoms with E-state index in [0.717, 1.165) is 82.6 Å². The van der Waals surface area contributed by atoms with Crippen molar-refractivity contribution < 1.29 is 18.9 Å². The SMILES string of the molecule is CCNC(=NCCCOC1CCOCC1)NCCc1ccc(OCC)c(OCC)c1.I. The van der Waals surface area contributed by atoms with Gasteiger partial charge in [-0.3, -0.25) is 4.99 Å². The number of nitrogens with zero attached hydrogens (tertiary/aromatic N) is 1. The van der Waals surface area contributed by atoms with E-state index in [1.54, 1.807) is 0 Å². The van der Waals surface area contributed by atoms with Crippen molar-refractivity contribution in [1.82, 2.24) is 10.6 Å². The Morgan fingerprint density at radius 1 is 1.06 bits per heavy atom. The molecule has 1 aliphatic heterocycles. The molecule has 0 amide bonds. The number of nitrogens with one attached hydrogen (secondary N) is 2. The summed E-state index contributed by atoms with van der Waals surface area (Å²) in [6.45, 7) is 12.1. The Balaban J connectivity index is 0.00000480. The number of guanidine groups is 1. The molecule has 0 aromatic heterocycles. The molecule has 1 heterocycles. The number of hydrogen-bond donors (Lipinski definition) is 2. The second kappa shape index (κ2) is 17.3. The van der Waals surface area contributed by atoms with Gasteiger partial charge in [-0.25, -0.2) is 0 Å². The highest BCUT2D eigenvalue weighted by atomic mass is 127. The Morgan fingerprint density at radius 2 is 1.81 bits per heavy atom. The van der Waals surface area contributed by atoms with Crippen LogP contribution in [0.25, 0.3) is 0 Å². The third-order valence-corrected chi connectivity index (χ3v) is 4.75. The number of benzene rings is 1. The molecule has 0 bridgehead atoms. The Morgan fingerprint density at radius 3 is 2.52 bits per heavy atom. The van der Waals surface area contributed by atoms with Crippen molar-refractivity contribution in [3.8, 4) is 11.5 Å². The summed E-state index contributed by atoms with van der Waals surface area (Å²) >= 11 is 0. The molecular formula is C23H40IN3O4. The van der Waals surface area contributed by atoms with E-state index in [9.17, 15) is 0 Å². The maximum Gasteiger partial charge on any atom is 0.191 e. The van der Waals surface area contributed by atoms with Gasteiger partial charge in [-0.2, -0.15) is 0 Å². The molecule has 1 fully saturated rings. The molecular weight excluding hydrogens is 509 g/mol. The van der Waals surface area contributed by atoms with Gasteiger partial charge in [0.1, 0.15) is 0 Å². The van der Waals surface area contributed by atoms with Crippen molar-refractivity contribution in [1.29, 1.82) is 0 Å². The molecule has 0 atom stereocenters. The lowest BCUT2D eigenvalue weighted by molar-refractivity contribution is -0.0318. The van der Waals surface area contributed by atoms with Crippen molar-refractivity contribution in [3.05, 3.63) is 23.8 Å². The smallest absolute Gasteiger partial charge is 0.191 e. The molecule has 1 saturated heterocycles. The summed E-state index contributed by atoms with van der Waals surface area (Å²) in [5.41, 5.74) is 1.20. The van der Waals surface area contributed by atoms with Gasteiger partial charge < -0.3 is 29.6 Å². The van der Waals surface area contributed by atoms with Crippen LogP contribution in [-0.4, -0.2) is 64.7 Å². The van der Waals surface area contributed by atoms with Gasteiger partial charge in [-0.1, -0.05) is 6.07 Å². The van der Waals surface area contributed by atoms with Gasteiger partial charge in [-0.05, 0) is 64.2 Å². The molecule has 1 aliphatic rings. The summed E-state index contributed by atoms with van der Waals surface area (Å²) in [5.74, 6) is 2.45. The second-order valence-electron chi connectivity index (χ2n) is 7.12. The van der Waals surface area contributed by atoms with Crippen molar-refractivity contribution in [2.75, 3.05) is 52.7 Å². The highest BCUT2D eigenvalue weighted by Crippen LogP contribution is 2.28. The van der Waals surface area contributed by atoms with Gasteiger partial charge >= 0.3 is 0 Å². The molecule has 2 N–H and O–H groups in total. The average molecular weight is 549 g/mol. The van der Waals surface area contributed by atoms with Gasteiger partial charge in [0.2, 0.25) is 0 Å². The van der Waals surface area contributed by atoms with Gasteiger partial charge in [-0.15, -0.1) is 24.0 Å². The Labute approximate surface area is 204 Å². The van der Waals surface area contributed by atoms with E-state index in [1.807, 2.05) is 19.9 Å². The molecule has 0 saturated carbocycles. The molecule has 178 valence electrons. The Bertz CT molecular complexity index is 625. The van der Waals surface area contributed by atoms with Crippen LogP contribution in [0.4, 0.5) is 0 Å². The van der Waals surface area contributed by atoms with Crippen molar-refractivity contribution in [3.63, 3.8) is 0 Å². The second-order valence-corrected chi connectivity index (χ2v) is 7.12. The van der Waals surface area contributed by atoms with Crippen molar-refractivity contribution in [2.24, 2.45) is 4.99 Å². The highest BCUT2D eigenvalue weighted by molar-refractivity contribution is 14.0. The van der Waals surface area contributed by atoms with E-state index >= 15 is 0 Å². The quantitative estimate of drug-likeness (QED) is 0.169. The Hall–Kier alpha value is -1.26. The number of rotatable bonds is 13. The maximum atomic E-state index is 5.91. The third-order valence-electron chi connectivity index (χ3n) is 4.75. The molecule has 0 unspecified atom stereocenters. The first-order valence-corrected chi connectivity index (χ1v) is 11.4. The van der Waals surface area contributed by atoms with Crippen LogP contribution in [0.5, 0.6) is 11.5 Å². The first-order chi connectivity index (χ1) is 14.8. The van der Waals surface area contributed by atoms with Crippen LogP contribution in [0.1, 0.15) is 45.6 Å². The van der Waals surface area contributed by atoms with Crippen molar-refractivity contribution in [2.45, 2.75) is 52.6 Å². The summed E-state index contributed by atoms with van der Waals surface area (Å²) < 4.78 is 22.6. The van der Waals surface area contributed by atoms with E-state index in [4.69, 9.17) is 18.9 Å². The summed E-state index contributed by atoms with van der Waals surface area (Å²) in [7, 11) is 0. The standard InChI is InChI=1S/C23H39N3O4.HI/c1-4-24-23(25-13-7-15-30-20-11-16-27-17-12-20)26-14-10-19-8-9-21(28-5-2)22(18-19)29-6-3;/h8-9,18,20H,4-7,10-17H2,1-3H3,(H2,24,25,26);1H. The van der Waals surface area contributed by atoms with Crippen LogP contribution < -0.4 is 20.1 Å². The number of aliphatic imine (C=N–C) groups is 1. The zero-order valence-corrected chi connectivity index (χ0v) is 21.6. The van der Waals surface area contributed by atoms with E-state index in [0.29, 0.717) is 19.3 Å². The highest BCUT2D eigenvalue weighted by Gasteiger charge is 2.13. The van der Waals surface area contributed by atoms with Gasteiger partial charge in [0.25, 0.3) is 0 Å². The van der Waals surface area contributed by atoms with Gasteiger partial charge in [0.05, 0.1) is 19.3 Å². The fourth-order valence-electron chi connectivity index (χ4n) is 3.27. The maximum absolute atomic E-state index is 5.91. The molecule has 0 radical (unpaired) electrons. The normalized spacial score (nSPS) is 14.6. The summed E-state index contributed by atoms with van der Waals surface area (Å²) in [6, 6.07) is 6.14. The van der Waals surface area contributed by atoms with Crippen LogP contribution in [-0.2, 0) is 15.9 Å². The lowest BCUT2D eigenvalue weighted by Gasteiger charge is -2.22. The zero-order chi connectivity index (χ0) is 21.4. The molecule has 1 aromatic carbocycles. The van der Waals surface area contributed by atoms with E-state index in [1.165, 1.54) is 5.56 Å². The van der Waals surface area contributed by atoms with Crippen LogP contribution in [0.3, 0.4) is 0 Å². The minimum atomic E-state index is 0. The monoisotopic (exact) mass is 549 g/mol. The van der Waals surface area contributed by atoms with Crippen LogP contribution in [0.15, 0.2) is 23.2 Å². The minimum absolute atomic E-state index is 0. The minimum Gasteiger partial charge on any atom is -0.490 e. The number of halogens is 1. The molecule has 8 heteroatoms. The van der Waals surface area contributed by atoms with E-state index in [2.05, 4.69) is 34.7 Å². The first kappa shape index (κ1) is 27.8. The lowest BCUT2D eigenvalue weighted by Crippen LogP contribution is -2.38. The third kappa shape index (κ3) is 11.2. The van der Waals surface area contributed by atoms with Gasteiger partial charge in [0, 0.05) is 39.5 Å². The molecule has 7 nitrogen and oxygen atoms in total. The fraction of sp³-hybridized carbons (Fsp3) is 0.696. The zero-order valence-electron chi connectivity index (χ0n) is 19.3. The summed E-state index contributed by atoms with van der Waals surface area (Å²) in [6.07, 6.45) is 4.16. The summed E-state index contributed by atoms with van der Waals surface area (Å²) in [4.78, 5) is 4.66. The molecule has 31 heavy (non-hydrogen) atoms. The molecule has 2 rings (SSSR count). The fourth-order valence-corrected chi connectivity index (χ4v) is 3.27. The molecule has 0 aliphatic carbocycles. The Kier molecular flexibility index (Phi) is 15.5. The van der Waals surface area contributed by atoms with Gasteiger partial charge in [0.15, 0.2) is 17.5 Å². The van der Waals surface area contributed by atoms with Crippen LogP contribution >= 0.6 is 24.0 Å².